The maximum atomic E-state index is 11.8. The highest BCUT2D eigenvalue weighted by Gasteiger charge is 2.42. The van der Waals surface area contributed by atoms with Gasteiger partial charge in [-0.25, -0.2) is 4.79 Å². The molecule has 2 aromatic rings. The summed E-state index contributed by atoms with van der Waals surface area (Å²) in [7, 11) is 0. The van der Waals surface area contributed by atoms with Crippen molar-refractivity contribution in [2.45, 2.75) is 38.0 Å². The van der Waals surface area contributed by atoms with Gasteiger partial charge in [0.1, 0.15) is 11.5 Å². The van der Waals surface area contributed by atoms with E-state index in [2.05, 4.69) is 0 Å². The SMILES string of the molecule is CCOC(=O)Oc1c2c(c(O)c3ccccc13)C1CCC2C1. The van der Waals surface area contributed by atoms with Gasteiger partial charge in [-0.1, -0.05) is 24.3 Å². The van der Waals surface area contributed by atoms with Gasteiger partial charge < -0.3 is 14.6 Å². The van der Waals surface area contributed by atoms with E-state index in [0.29, 0.717) is 23.3 Å². The molecule has 1 saturated carbocycles. The summed E-state index contributed by atoms with van der Waals surface area (Å²) in [6.07, 6.45) is 2.55. The summed E-state index contributed by atoms with van der Waals surface area (Å²) in [5, 5.41) is 12.2. The van der Waals surface area contributed by atoms with Crippen molar-refractivity contribution in [3.05, 3.63) is 35.4 Å². The fourth-order valence-corrected chi connectivity index (χ4v) is 4.09. The van der Waals surface area contributed by atoms with Gasteiger partial charge in [0.05, 0.1) is 6.61 Å². The first-order valence-corrected chi connectivity index (χ1v) is 7.82. The normalized spacial score (nSPS) is 21.9. The maximum absolute atomic E-state index is 11.8. The van der Waals surface area contributed by atoms with E-state index in [1.165, 1.54) is 0 Å². The van der Waals surface area contributed by atoms with Crippen molar-refractivity contribution in [3.63, 3.8) is 0 Å². The predicted octanol–water partition coefficient (Wildman–Crippen LogP) is 4.45. The highest BCUT2D eigenvalue weighted by atomic mass is 16.7. The topological polar surface area (TPSA) is 55.8 Å². The van der Waals surface area contributed by atoms with Crippen molar-refractivity contribution in [1.82, 2.24) is 0 Å². The van der Waals surface area contributed by atoms with Gasteiger partial charge in [0, 0.05) is 21.9 Å². The molecule has 22 heavy (non-hydrogen) atoms. The number of aromatic hydroxyl groups is 1. The fourth-order valence-electron chi connectivity index (χ4n) is 4.09. The molecule has 0 heterocycles. The van der Waals surface area contributed by atoms with Crippen LogP contribution in [0.4, 0.5) is 4.79 Å². The van der Waals surface area contributed by atoms with Crippen LogP contribution in [-0.4, -0.2) is 17.9 Å². The summed E-state index contributed by atoms with van der Waals surface area (Å²) in [5.74, 6) is 1.69. The van der Waals surface area contributed by atoms with Crippen LogP contribution in [0, 0.1) is 0 Å². The number of ether oxygens (including phenoxy) is 2. The minimum atomic E-state index is -0.677. The lowest BCUT2D eigenvalue weighted by atomic mass is 9.87. The molecule has 1 fully saturated rings. The summed E-state index contributed by atoms with van der Waals surface area (Å²) in [6, 6.07) is 7.53. The molecule has 2 aromatic carbocycles. The second-order valence-corrected chi connectivity index (χ2v) is 6.04. The lowest BCUT2D eigenvalue weighted by molar-refractivity contribution is 0.104. The van der Waals surface area contributed by atoms with Crippen molar-refractivity contribution >= 4 is 16.9 Å². The standard InChI is InChI=1S/C18H18O4/c1-2-21-18(20)22-17-13-6-4-3-5-12(13)16(19)14-10-7-8-11(9-10)15(14)17/h3-6,10-11,19H,2,7-9H2,1H3. The van der Waals surface area contributed by atoms with Crippen LogP contribution in [0.2, 0.25) is 0 Å². The monoisotopic (exact) mass is 298 g/mol. The van der Waals surface area contributed by atoms with Gasteiger partial charge >= 0.3 is 6.16 Å². The van der Waals surface area contributed by atoms with E-state index < -0.39 is 6.16 Å². The number of carbonyl (C=O) groups is 1. The Hall–Kier alpha value is -2.23. The van der Waals surface area contributed by atoms with Crippen LogP contribution >= 0.6 is 0 Å². The highest BCUT2D eigenvalue weighted by molar-refractivity contribution is 5.97. The largest absolute Gasteiger partial charge is 0.513 e. The Labute approximate surface area is 128 Å². The van der Waals surface area contributed by atoms with E-state index in [0.717, 1.165) is 41.2 Å². The molecule has 2 aliphatic carbocycles. The van der Waals surface area contributed by atoms with Crippen LogP contribution in [0.25, 0.3) is 10.8 Å². The molecule has 1 N–H and O–H groups in total. The van der Waals surface area contributed by atoms with E-state index in [4.69, 9.17) is 9.47 Å². The van der Waals surface area contributed by atoms with Gasteiger partial charge in [-0.2, -0.15) is 0 Å². The number of fused-ring (bicyclic) bond motifs is 6. The third-order valence-electron chi connectivity index (χ3n) is 4.91. The molecule has 0 amide bonds. The Kier molecular flexibility index (Phi) is 2.99. The lowest BCUT2D eigenvalue weighted by Gasteiger charge is -2.22. The number of rotatable bonds is 2. The zero-order valence-electron chi connectivity index (χ0n) is 12.5. The first-order valence-electron chi connectivity index (χ1n) is 7.82. The van der Waals surface area contributed by atoms with Gasteiger partial charge in [-0.15, -0.1) is 0 Å². The molecule has 4 nitrogen and oxygen atoms in total. The molecule has 0 saturated heterocycles. The molecule has 2 aliphatic rings. The van der Waals surface area contributed by atoms with E-state index in [9.17, 15) is 9.90 Å². The van der Waals surface area contributed by atoms with Crippen LogP contribution in [0.3, 0.4) is 0 Å². The van der Waals surface area contributed by atoms with Gasteiger partial charge in [-0.3, -0.25) is 0 Å². The number of carbonyl (C=O) groups excluding carboxylic acids is 1. The van der Waals surface area contributed by atoms with Gasteiger partial charge in [0.2, 0.25) is 0 Å². The van der Waals surface area contributed by atoms with Crippen molar-refractivity contribution in [1.29, 1.82) is 0 Å². The summed E-state index contributed by atoms with van der Waals surface area (Å²) in [5.41, 5.74) is 2.00. The molecule has 4 rings (SSSR count). The number of benzene rings is 2. The smallest absolute Gasteiger partial charge is 0.507 e. The van der Waals surface area contributed by atoms with E-state index >= 15 is 0 Å². The van der Waals surface area contributed by atoms with E-state index in [1.54, 1.807) is 6.92 Å². The van der Waals surface area contributed by atoms with E-state index in [1.807, 2.05) is 24.3 Å². The summed E-state index contributed by atoms with van der Waals surface area (Å²) < 4.78 is 10.5. The molecule has 4 heteroatoms. The zero-order chi connectivity index (χ0) is 15.3. The molecular formula is C18H18O4. The lowest BCUT2D eigenvalue weighted by Crippen LogP contribution is -2.13. The molecule has 0 aliphatic heterocycles. The summed E-state index contributed by atoms with van der Waals surface area (Å²) in [6.45, 7) is 2.03. The fraction of sp³-hybridized carbons (Fsp3) is 0.389. The van der Waals surface area contributed by atoms with Crippen LogP contribution in [0.15, 0.2) is 24.3 Å². The first kappa shape index (κ1) is 13.4. The van der Waals surface area contributed by atoms with Gasteiger partial charge in [-0.05, 0) is 38.0 Å². The second kappa shape index (κ2) is 4.90. The number of hydrogen-bond donors (Lipinski definition) is 1. The number of phenols is 1. The molecule has 2 bridgehead atoms. The van der Waals surface area contributed by atoms with Gasteiger partial charge in [0.15, 0.2) is 0 Å². The zero-order valence-corrected chi connectivity index (χ0v) is 12.5. The van der Waals surface area contributed by atoms with Gasteiger partial charge in [0.25, 0.3) is 0 Å². The molecule has 2 atom stereocenters. The third kappa shape index (κ3) is 1.79. The summed E-state index contributed by atoms with van der Waals surface area (Å²) in [4.78, 5) is 11.8. The maximum Gasteiger partial charge on any atom is 0.513 e. The average molecular weight is 298 g/mol. The van der Waals surface area contributed by atoms with Crippen LogP contribution in [0.1, 0.15) is 49.1 Å². The van der Waals surface area contributed by atoms with Crippen molar-refractivity contribution < 1.29 is 19.4 Å². The Bertz CT molecular complexity index is 765. The Morgan fingerprint density at radius 1 is 1.18 bits per heavy atom. The predicted molar refractivity (Wildman–Crippen MR) is 82.6 cm³/mol. The molecule has 0 radical (unpaired) electrons. The Balaban J connectivity index is 1.96. The quantitative estimate of drug-likeness (QED) is 0.657. The molecular weight excluding hydrogens is 280 g/mol. The van der Waals surface area contributed by atoms with Crippen molar-refractivity contribution in [2.75, 3.05) is 6.61 Å². The highest BCUT2D eigenvalue weighted by Crippen LogP contribution is 2.60. The molecule has 2 unspecified atom stereocenters. The number of phenolic OH excluding ortho intramolecular Hbond substituents is 1. The Morgan fingerprint density at radius 3 is 2.59 bits per heavy atom. The molecule has 0 spiro atoms. The van der Waals surface area contributed by atoms with Crippen molar-refractivity contribution in [2.24, 2.45) is 0 Å². The minimum Gasteiger partial charge on any atom is -0.507 e. The summed E-state index contributed by atoms with van der Waals surface area (Å²) >= 11 is 0. The second-order valence-electron chi connectivity index (χ2n) is 6.04. The third-order valence-corrected chi connectivity index (χ3v) is 4.91. The van der Waals surface area contributed by atoms with Crippen LogP contribution in [0.5, 0.6) is 11.5 Å². The molecule has 114 valence electrons. The van der Waals surface area contributed by atoms with Crippen LogP contribution in [-0.2, 0) is 4.74 Å². The van der Waals surface area contributed by atoms with E-state index in [-0.39, 0.29) is 6.61 Å². The number of hydrogen-bond acceptors (Lipinski definition) is 4. The minimum absolute atomic E-state index is 0.281. The average Bonchev–Trinajstić information content (AvgIpc) is 3.13. The first-order chi connectivity index (χ1) is 10.7. The molecule has 0 aromatic heterocycles. The Morgan fingerprint density at radius 2 is 1.86 bits per heavy atom. The van der Waals surface area contributed by atoms with Crippen molar-refractivity contribution in [3.8, 4) is 11.5 Å². The van der Waals surface area contributed by atoms with Crippen LogP contribution < -0.4 is 4.74 Å².